The predicted octanol–water partition coefficient (Wildman–Crippen LogP) is 3.93. The number of rotatable bonds is 9. The fourth-order valence-electron chi connectivity index (χ4n) is 2.41. The molecule has 2 aromatic carbocycles. The lowest BCUT2D eigenvalue weighted by atomic mass is 10.2. The first-order chi connectivity index (χ1) is 13.3. The summed E-state index contributed by atoms with van der Waals surface area (Å²) >= 11 is 5.59. The number of benzene rings is 2. The molecule has 0 aliphatic rings. The van der Waals surface area contributed by atoms with Gasteiger partial charge in [-0.2, -0.15) is 0 Å². The van der Waals surface area contributed by atoms with Crippen molar-refractivity contribution in [2.45, 2.75) is 19.4 Å². The molecule has 2 aromatic rings. The molecule has 7 heteroatoms. The number of hydrogen-bond acceptors (Lipinski definition) is 3. The summed E-state index contributed by atoms with van der Waals surface area (Å²) in [7, 11) is 1.73. The zero-order valence-corrected chi connectivity index (χ0v) is 16.3. The molecule has 5 nitrogen and oxygen atoms in total. The van der Waals surface area contributed by atoms with E-state index in [-0.39, 0.29) is 29.7 Å². The Morgan fingerprint density at radius 1 is 1.18 bits per heavy atom. The summed E-state index contributed by atoms with van der Waals surface area (Å²) in [4.78, 5) is 25.7. The Morgan fingerprint density at radius 2 is 1.89 bits per heavy atom. The van der Waals surface area contributed by atoms with Crippen molar-refractivity contribution < 1.29 is 18.7 Å². The number of hydrogen-bond donors (Lipinski definition) is 1. The molecule has 0 saturated heterocycles. The topological polar surface area (TPSA) is 58.6 Å². The smallest absolute Gasteiger partial charge is 0.262 e. The van der Waals surface area contributed by atoms with E-state index in [2.05, 4.69) is 11.9 Å². The van der Waals surface area contributed by atoms with Crippen LogP contribution in [0.2, 0.25) is 5.02 Å². The van der Waals surface area contributed by atoms with Crippen molar-refractivity contribution in [3.8, 4) is 5.75 Å². The molecule has 0 aliphatic heterocycles. The van der Waals surface area contributed by atoms with Gasteiger partial charge in [0.2, 0.25) is 5.91 Å². The zero-order chi connectivity index (χ0) is 20.5. The van der Waals surface area contributed by atoms with Gasteiger partial charge >= 0.3 is 0 Å². The number of nitrogens with zero attached hydrogens (tertiary/aromatic N) is 1. The van der Waals surface area contributed by atoms with Crippen molar-refractivity contribution in [3.05, 3.63) is 77.2 Å². The van der Waals surface area contributed by atoms with Crippen LogP contribution in [0, 0.1) is 5.82 Å². The van der Waals surface area contributed by atoms with Crippen LogP contribution >= 0.6 is 11.6 Å². The number of ether oxygens (including phenoxy) is 1. The minimum absolute atomic E-state index is 0.0212. The first-order valence-corrected chi connectivity index (χ1v) is 9.06. The van der Waals surface area contributed by atoms with Gasteiger partial charge in [-0.15, -0.1) is 0 Å². The number of carbonyl (C=O) groups excluding carboxylic acids is 2. The lowest BCUT2D eigenvalue weighted by Crippen LogP contribution is -2.30. The lowest BCUT2D eigenvalue weighted by Gasteiger charge is -2.18. The minimum Gasteiger partial charge on any atom is -0.484 e. The average molecular weight is 405 g/mol. The Morgan fingerprint density at radius 3 is 2.57 bits per heavy atom. The Balaban J connectivity index is 1.70. The van der Waals surface area contributed by atoms with Gasteiger partial charge in [0, 0.05) is 31.8 Å². The average Bonchev–Trinajstić information content (AvgIpc) is 2.67. The minimum atomic E-state index is -0.623. The van der Waals surface area contributed by atoms with E-state index in [1.165, 1.54) is 12.1 Å². The highest BCUT2D eigenvalue weighted by molar-refractivity contribution is 6.30. The van der Waals surface area contributed by atoms with Gasteiger partial charge in [0.1, 0.15) is 11.6 Å². The number of carbonyl (C=O) groups is 2. The van der Waals surface area contributed by atoms with Gasteiger partial charge in [-0.3, -0.25) is 9.59 Å². The molecule has 0 fully saturated rings. The molecule has 0 aromatic heterocycles. The van der Waals surface area contributed by atoms with Crippen LogP contribution in [0.1, 0.15) is 18.4 Å². The maximum absolute atomic E-state index is 13.3. The van der Waals surface area contributed by atoms with Crippen molar-refractivity contribution in [1.82, 2.24) is 10.2 Å². The highest BCUT2D eigenvalue weighted by atomic mass is 35.5. The van der Waals surface area contributed by atoms with Crippen molar-refractivity contribution >= 4 is 23.4 Å². The number of allylic oxidation sites excluding steroid dienone is 1. The van der Waals surface area contributed by atoms with Gasteiger partial charge in [-0.05, 0) is 24.1 Å². The summed E-state index contributed by atoms with van der Waals surface area (Å²) in [5.41, 5.74) is 1.46. The Hall–Kier alpha value is -2.86. The second-order valence-corrected chi connectivity index (χ2v) is 6.66. The third kappa shape index (κ3) is 7.04. The zero-order valence-electron chi connectivity index (χ0n) is 15.6. The summed E-state index contributed by atoms with van der Waals surface area (Å²) in [6, 6.07) is 13.6. The van der Waals surface area contributed by atoms with Crippen LogP contribution in [0.5, 0.6) is 5.75 Å². The van der Waals surface area contributed by atoms with Crippen LogP contribution in [-0.2, 0) is 16.1 Å². The summed E-state index contributed by atoms with van der Waals surface area (Å²) in [5.74, 6) is -0.917. The molecule has 1 N–H and O–H groups in total. The number of halogens is 2. The Labute approximate surface area is 168 Å². The molecule has 0 saturated carbocycles. The van der Waals surface area contributed by atoms with Crippen LogP contribution < -0.4 is 10.1 Å². The highest BCUT2D eigenvalue weighted by Crippen LogP contribution is 2.20. The molecule has 0 aliphatic carbocycles. The van der Waals surface area contributed by atoms with E-state index in [0.717, 1.165) is 11.6 Å². The SMILES string of the molecule is C=C(CCC(=O)N(C)Cc1ccccc1)NC(=O)COc1ccc(Cl)c(F)c1. The van der Waals surface area contributed by atoms with Crippen LogP contribution in [0.15, 0.2) is 60.8 Å². The van der Waals surface area contributed by atoms with Crippen molar-refractivity contribution in [1.29, 1.82) is 0 Å². The lowest BCUT2D eigenvalue weighted by molar-refractivity contribution is -0.130. The molecule has 0 radical (unpaired) electrons. The van der Waals surface area contributed by atoms with Crippen LogP contribution in [0.25, 0.3) is 0 Å². The summed E-state index contributed by atoms with van der Waals surface area (Å²) in [6.07, 6.45) is 0.547. The second kappa shape index (κ2) is 10.5. The normalized spacial score (nSPS) is 10.2. The molecule has 28 heavy (non-hydrogen) atoms. The molecule has 0 atom stereocenters. The number of nitrogens with one attached hydrogen (secondary N) is 1. The van der Waals surface area contributed by atoms with Gasteiger partial charge in [0.15, 0.2) is 6.61 Å². The van der Waals surface area contributed by atoms with Crippen LogP contribution in [0.3, 0.4) is 0 Å². The van der Waals surface area contributed by atoms with E-state index >= 15 is 0 Å². The van der Waals surface area contributed by atoms with Crippen LogP contribution in [0.4, 0.5) is 4.39 Å². The van der Waals surface area contributed by atoms with E-state index in [1.807, 2.05) is 30.3 Å². The van der Waals surface area contributed by atoms with E-state index < -0.39 is 11.7 Å². The molecule has 148 valence electrons. The second-order valence-electron chi connectivity index (χ2n) is 6.25. The molecule has 0 bridgehead atoms. The highest BCUT2D eigenvalue weighted by Gasteiger charge is 2.11. The standard InChI is InChI=1S/C21H22ClFN2O3/c1-15(8-11-21(27)25(2)13-16-6-4-3-5-7-16)24-20(26)14-28-17-9-10-18(22)19(23)12-17/h3-7,9-10,12H,1,8,11,13-14H2,2H3,(H,24,26). The number of amides is 2. The van der Waals surface area contributed by atoms with Crippen molar-refractivity contribution in [3.63, 3.8) is 0 Å². The van der Waals surface area contributed by atoms with Crippen molar-refractivity contribution in [2.75, 3.05) is 13.7 Å². The summed E-state index contributed by atoms with van der Waals surface area (Å²) < 4.78 is 18.5. The summed E-state index contributed by atoms with van der Waals surface area (Å²) in [5, 5.41) is 2.55. The maximum atomic E-state index is 13.3. The largest absolute Gasteiger partial charge is 0.484 e. The van der Waals surface area contributed by atoms with E-state index in [1.54, 1.807) is 11.9 Å². The Kier molecular flexibility index (Phi) is 8.02. The molecular weight excluding hydrogens is 383 g/mol. The predicted molar refractivity (Wildman–Crippen MR) is 106 cm³/mol. The monoisotopic (exact) mass is 404 g/mol. The molecule has 0 heterocycles. The van der Waals surface area contributed by atoms with Crippen LogP contribution in [-0.4, -0.2) is 30.4 Å². The first kappa shape index (κ1) is 21.4. The quantitative estimate of drug-likeness (QED) is 0.689. The van der Waals surface area contributed by atoms with E-state index in [9.17, 15) is 14.0 Å². The van der Waals surface area contributed by atoms with Gasteiger partial charge in [-0.1, -0.05) is 48.5 Å². The fourth-order valence-corrected chi connectivity index (χ4v) is 2.52. The van der Waals surface area contributed by atoms with Crippen molar-refractivity contribution in [2.24, 2.45) is 0 Å². The van der Waals surface area contributed by atoms with Gasteiger partial charge in [0.25, 0.3) is 5.91 Å². The van der Waals surface area contributed by atoms with Gasteiger partial charge in [-0.25, -0.2) is 4.39 Å². The van der Waals surface area contributed by atoms with E-state index in [0.29, 0.717) is 18.7 Å². The third-order valence-electron chi connectivity index (χ3n) is 3.91. The molecule has 0 unspecified atom stereocenters. The third-order valence-corrected chi connectivity index (χ3v) is 4.21. The molecule has 2 amide bonds. The molecule has 2 rings (SSSR count). The Bertz CT molecular complexity index is 843. The first-order valence-electron chi connectivity index (χ1n) is 8.68. The molecular formula is C21H22ClFN2O3. The van der Waals surface area contributed by atoms with E-state index in [4.69, 9.17) is 16.3 Å². The van der Waals surface area contributed by atoms with Gasteiger partial charge < -0.3 is 15.0 Å². The van der Waals surface area contributed by atoms with Gasteiger partial charge in [0.05, 0.1) is 5.02 Å². The molecule has 0 spiro atoms. The fraction of sp³-hybridized carbons (Fsp3) is 0.238. The maximum Gasteiger partial charge on any atom is 0.262 e. The summed E-state index contributed by atoms with van der Waals surface area (Å²) in [6.45, 7) is 3.97.